The molecule has 1 heterocycles. The van der Waals surface area contributed by atoms with Crippen LogP contribution in [0.4, 0.5) is 9.18 Å². The van der Waals surface area contributed by atoms with E-state index in [1.54, 1.807) is 43.4 Å². The number of ether oxygens (including phenoxy) is 3. The summed E-state index contributed by atoms with van der Waals surface area (Å²) in [4.78, 5) is 14.0. The van der Waals surface area contributed by atoms with Crippen molar-refractivity contribution >= 4 is 6.03 Å². The second-order valence-corrected chi connectivity index (χ2v) is 6.36. The molecule has 1 aliphatic heterocycles. The lowest BCUT2D eigenvalue weighted by molar-refractivity contribution is 0.0411. The number of nitrogens with one attached hydrogen (secondary N) is 1. The minimum absolute atomic E-state index is 0.189. The molecule has 0 spiro atoms. The number of rotatable bonds is 6. The molecule has 0 unspecified atom stereocenters. The summed E-state index contributed by atoms with van der Waals surface area (Å²) < 4.78 is 29.7. The maximum absolute atomic E-state index is 13.6. The SMILES string of the molecule is COc1ccc([C@H](C)NC(=O)N2CC(Oc3ccccc3F)C2)cc1OC. The number of benzene rings is 2. The quantitative estimate of drug-likeness (QED) is 0.842. The van der Waals surface area contributed by atoms with Crippen LogP contribution in [0.25, 0.3) is 0 Å². The van der Waals surface area contributed by atoms with Gasteiger partial charge in [0, 0.05) is 0 Å². The summed E-state index contributed by atoms with van der Waals surface area (Å²) in [6.45, 7) is 2.73. The van der Waals surface area contributed by atoms with Crippen LogP contribution in [-0.4, -0.2) is 44.3 Å². The van der Waals surface area contributed by atoms with Crippen molar-refractivity contribution in [2.45, 2.75) is 19.1 Å². The molecular formula is C20H23FN2O4. The summed E-state index contributed by atoms with van der Waals surface area (Å²) >= 11 is 0. The molecule has 0 aliphatic carbocycles. The van der Waals surface area contributed by atoms with Crippen LogP contribution in [0, 0.1) is 5.82 Å². The van der Waals surface area contributed by atoms with Gasteiger partial charge in [0.05, 0.1) is 33.4 Å². The summed E-state index contributed by atoms with van der Waals surface area (Å²) in [6, 6.07) is 11.4. The van der Waals surface area contributed by atoms with Crippen LogP contribution in [0.15, 0.2) is 42.5 Å². The van der Waals surface area contributed by atoms with Gasteiger partial charge in [0.25, 0.3) is 0 Å². The van der Waals surface area contributed by atoms with Crippen LogP contribution >= 0.6 is 0 Å². The normalized spacial score (nSPS) is 14.9. The van der Waals surface area contributed by atoms with E-state index < -0.39 is 5.82 Å². The Balaban J connectivity index is 1.52. The highest BCUT2D eigenvalue weighted by atomic mass is 19.1. The largest absolute Gasteiger partial charge is 0.493 e. The number of urea groups is 1. The Kier molecular flexibility index (Phi) is 5.69. The highest BCUT2D eigenvalue weighted by Crippen LogP contribution is 2.30. The number of halogens is 1. The van der Waals surface area contributed by atoms with E-state index in [0.717, 1.165) is 5.56 Å². The molecule has 3 rings (SSSR count). The molecule has 0 bridgehead atoms. The molecule has 2 amide bonds. The Morgan fingerprint density at radius 2 is 1.81 bits per heavy atom. The average Bonchev–Trinajstić information content (AvgIpc) is 2.64. The van der Waals surface area contributed by atoms with E-state index >= 15 is 0 Å². The molecule has 1 atom stereocenters. The van der Waals surface area contributed by atoms with E-state index in [0.29, 0.717) is 24.6 Å². The highest BCUT2D eigenvalue weighted by Gasteiger charge is 2.33. The zero-order chi connectivity index (χ0) is 19.4. The maximum Gasteiger partial charge on any atom is 0.318 e. The first-order valence-corrected chi connectivity index (χ1v) is 8.70. The van der Waals surface area contributed by atoms with Crippen molar-refractivity contribution in [2.75, 3.05) is 27.3 Å². The van der Waals surface area contributed by atoms with Gasteiger partial charge in [-0.05, 0) is 36.8 Å². The molecule has 27 heavy (non-hydrogen) atoms. The van der Waals surface area contributed by atoms with E-state index in [1.807, 2.05) is 19.1 Å². The molecule has 0 radical (unpaired) electrons. The lowest BCUT2D eigenvalue weighted by Crippen LogP contribution is -2.59. The zero-order valence-corrected chi connectivity index (χ0v) is 15.6. The van der Waals surface area contributed by atoms with Gasteiger partial charge in [-0.1, -0.05) is 18.2 Å². The molecule has 1 N–H and O–H groups in total. The first-order valence-electron chi connectivity index (χ1n) is 8.70. The molecule has 2 aromatic carbocycles. The fraction of sp³-hybridized carbons (Fsp3) is 0.350. The van der Waals surface area contributed by atoms with Gasteiger partial charge in [-0.25, -0.2) is 9.18 Å². The van der Waals surface area contributed by atoms with E-state index in [-0.39, 0.29) is 23.9 Å². The van der Waals surface area contributed by atoms with Gasteiger partial charge in [0.15, 0.2) is 23.1 Å². The van der Waals surface area contributed by atoms with Gasteiger partial charge in [0.1, 0.15) is 6.10 Å². The summed E-state index contributed by atoms with van der Waals surface area (Å²) in [5.74, 6) is 1.05. The number of nitrogens with zero attached hydrogens (tertiary/aromatic N) is 1. The number of carbonyl (C=O) groups is 1. The molecule has 144 valence electrons. The number of amides is 2. The number of methoxy groups -OCH3 is 2. The lowest BCUT2D eigenvalue weighted by Gasteiger charge is -2.39. The van der Waals surface area contributed by atoms with Crippen LogP contribution in [0.3, 0.4) is 0 Å². The second-order valence-electron chi connectivity index (χ2n) is 6.36. The van der Waals surface area contributed by atoms with Crippen LogP contribution in [0.1, 0.15) is 18.5 Å². The van der Waals surface area contributed by atoms with Crippen molar-refractivity contribution < 1.29 is 23.4 Å². The third kappa shape index (κ3) is 4.24. The van der Waals surface area contributed by atoms with Gasteiger partial charge >= 0.3 is 6.03 Å². The smallest absolute Gasteiger partial charge is 0.318 e. The van der Waals surface area contributed by atoms with Crippen LogP contribution in [-0.2, 0) is 0 Å². The number of hydrogen-bond acceptors (Lipinski definition) is 4. The average molecular weight is 374 g/mol. The van der Waals surface area contributed by atoms with E-state index in [9.17, 15) is 9.18 Å². The zero-order valence-electron chi connectivity index (χ0n) is 15.6. The fourth-order valence-electron chi connectivity index (χ4n) is 2.88. The highest BCUT2D eigenvalue weighted by molar-refractivity contribution is 5.75. The summed E-state index contributed by atoms with van der Waals surface area (Å²) in [7, 11) is 3.15. The predicted molar refractivity (Wildman–Crippen MR) is 98.9 cm³/mol. The summed E-state index contributed by atoms with van der Waals surface area (Å²) in [6.07, 6.45) is -0.205. The van der Waals surface area contributed by atoms with E-state index in [1.165, 1.54) is 6.07 Å². The van der Waals surface area contributed by atoms with E-state index in [2.05, 4.69) is 5.32 Å². The van der Waals surface area contributed by atoms with Gasteiger partial charge < -0.3 is 24.4 Å². The summed E-state index contributed by atoms with van der Waals surface area (Å²) in [5.41, 5.74) is 0.903. The number of para-hydroxylation sites is 1. The second kappa shape index (κ2) is 8.16. The minimum Gasteiger partial charge on any atom is -0.493 e. The third-order valence-electron chi connectivity index (χ3n) is 4.51. The van der Waals surface area contributed by atoms with Gasteiger partial charge in [-0.15, -0.1) is 0 Å². The molecule has 1 fully saturated rings. The molecule has 7 heteroatoms. The van der Waals surface area contributed by atoms with Crippen LogP contribution in [0.2, 0.25) is 0 Å². The molecule has 1 saturated heterocycles. The molecule has 0 saturated carbocycles. The lowest BCUT2D eigenvalue weighted by atomic mass is 10.1. The number of carbonyl (C=O) groups excluding carboxylic acids is 1. The van der Waals surface area contributed by atoms with Crippen molar-refractivity contribution in [2.24, 2.45) is 0 Å². The fourth-order valence-corrected chi connectivity index (χ4v) is 2.88. The van der Waals surface area contributed by atoms with Crippen molar-refractivity contribution in [1.82, 2.24) is 10.2 Å². The van der Waals surface area contributed by atoms with Gasteiger partial charge in [-0.2, -0.15) is 0 Å². The monoisotopic (exact) mass is 374 g/mol. The first kappa shape index (κ1) is 18.8. The molecule has 0 aromatic heterocycles. The topological polar surface area (TPSA) is 60.0 Å². The maximum atomic E-state index is 13.6. The Bertz CT molecular complexity index is 808. The van der Waals surface area contributed by atoms with E-state index in [4.69, 9.17) is 14.2 Å². The Labute approximate surface area is 157 Å². The molecule has 6 nitrogen and oxygen atoms in total. The molecule has 2 aromatic rings. The number of likely N-dealkylation sites (tertiary alicyclic amines) is 1. The molecule has 1 aliphatic rings. The summed E-state index contributed by atoms with van der Waals surface area (Å²) in [5, 5.41) is 2.94. The van der Waals surface area contributed by atoms with Crippen molar-refractivity contribution in [3.05, 3.63) is 53.8 Å². The van der Waals surface area contributed by atoms with Crippen LogP contribution < -0.4 is 19.5 Å². The standard InChI is InChI=1S/C20H23FN2O4/c1-13(14-8-9-18(25-2)19(10-14)26-3)22-20(24)23-11-15(12-23)27-17-7-5-4-6-16(17)21/h4-10,13,15H,11-12H2,1-3H3,(H,22,24)/t13-/m0/s1. The Morgan fingerprint density at radius 1 is 1.11 bits per heavy atom. The van der Waals surface area contributed by atoms with Crippen molar-refractivity contribution in [1.29, 1.82) is 0 Å². The minimum atomic E-state index is -0.400. The molecular weight excluding hydrogens is 351 g/mol. The van der Waals surface area contributed by atoms with Crippen molar-refractivity contribution in [3.63, 3.8) is 0 Å². The van der Waals surface area contributed by atoms with Gasteiger partial charge in [0.2, 0.25) is 0 Å². The predicted octanol–water partition coefficient (Wildman–Crippen LogP) is 3.38. The van der Waals surface area contributed by atoms with Crippen molar-refractivity contribution in [3.8, 4) is 17.2 Å². The van der Waals surface area contributed by atoms with Gasteiger partial charge in [-0.3, -0.25) is 0 Å². The Hall–Kier alpha value is -2.96. The Morgan fingerprint density at radius 3 is 2.48 bits per heavy atom. The first-order chi connectivity index (χ1) is 13.0. The van der Waals surface area contributed by atoms with Crippen LogP contribution in [0.5, 0.6) is 17.2 Å². The number of hydrogen-bond donors (Lipinski definition) is 1. The third-order valence-corrected chi connectivity index (χ3v) is 4.51.